The topological polar surface area (TPSA) is 87.1 Å². The summed E-state index contributed by atoms with van der Waals surface area (Å²) in [6, 6.07) is 35.8. The number of hydrogen-bond acceptors (Lipinski definition) is 6. The van der Waals surface area contributed by atoms with E-state index in [1.165, 1.54) is 61.4 Å². The van der Waals surface area contributed by atoms with Crippen molar-refractivity contribution in [2.45, 2.75) is 75.8 Å². The average Bonchev–Trinajstić information content (AvgIpc) is 3.90. The summed E-state index contributed by atoms with van der Waals surface area (Å²) in [5.41, 5.74) is 11.3. The van der Waals surface area contributed by atoms with E-state index in [2.05, 4.69) is 74.4 Å². The van der Waals surface area contributed by atoms with E-state index in [-0.39, 0.29) is 11.8 Å². The molecule has 1 amide bonds. The minimum Gasteiger partial charge on any atom is -0.496 e. The maximum atomic E-state index is 13.5. The van der Waals surface area contributed by atoms with Gasteiger partial charge in [-0.05, 0) is 112 Å². The third-order valence-corrected chi connectivity index (χ3v) is 13.0. The predicted molar refractivity (Wildman–Crippen MR) is 232 cm³/mol. The number of nitrogens with zero attached hydrogens (tertiary/aromatic N) is 3. The molecule has 1 aromatic heterocycles. The van der Waals surface area contributed by atoms with Gasteiger partial charge in [-0.2, -0.15) is 0 Å². The second-order valence-electron chi connectivity index (χ2n) is 16.3. The lowest BCUT2D eigenvalue weighted by Crippen LogP contribution is -2.49. The van der Waals surface area contributed by atoms with Crippen LogP contribution < -0.4 is 15.2 Å². The van der Waals surface area contributed by atoms with Gasteiger partial charge in [-0.25, -0.2) is 0 Å². The average molecular weight is 770 g/mol. The van der Waals surface area contributed by atoms with Crippen LogP contribution in [0.25, 0.3) is 10.9 Å². The quantitative estimate of drug-likeness (QED) is 0.0774. The van der Waals surface area contributed by atoms with Gasteiger partial charge in [-0.1, -0.05) is 104 Å². The summed E-state index contributed by atoms with van der Waals surface area (Å²) >= 11 is 0. The molecule has 7 rings (SSSR count). The zero-order valence-corrected chi connectivity index (χ0v) is 34.2. The Kier molecular flexibility index (Phi) is 14.0. The van der Waals surface area contributed by atoms with Gasteiger partial charge in [-0.3, -0.25) is 14.6 Å². The molecular formula is C49H63N5O3. The smallest absolute Gasteiger partial charge is 0.232 e. The Morgan fingerprint density at radius 2 is 1.35 bits per heavy atom. The van der Waals surface area contributed by atoms with Crippen molar-refractivity contribution in [2.24, 2.45) is 11.7 Å². The fraction of sp³-hybridized carbons (Fsp3) is 0.449. The van der Waals surface area contributed by atoms with Crippen LogP contribution in [0.4, 0.5) is 0 Å². The number of rotatable bonds is 20. The predicted octanol–water partition coefficient (Wildman–Crippen LogP) is 8.44. The molecule has 302 valence electrons. The second-order valence-corrected chi connectivity index (χ2v) is 16.3. The highest BCUT2D eigenvalue weighted by Crippen LogP contribution is 2.43. The van der Waals surface area contributed by atoms with Crippen LogP contribution in [-0.2, 0) is 23.2 Å². The molecule has 0 radical (unpaired) electrons. The molecular weight excluding hydrogens is 707 g/mol. The van der Waals surface area contributed by atoms with Gasteiger partial charge in [0.05, 0.1) is 19.8 Å². The van der Waals surface area contributed by atoms with E-state index in [4.69, 9.17) is 15.2 Å². The molecule has 5 aromatic rings. The summed E-state index contributed by atoms with van der Waals surface area (Å²) in [5.74, 6) is 1.70. The Bertz CT molecular complexity index is 1930. The van der Waals surface area contributed by atoms with Gasteiger partial charge in [0, 0.05) is 42.8 Å². The Morgan fingerprint density at radius 3 is 2.02 bits per heavy atom. The SMILES string of the molecule is COc1cccc(OC)c1CN1CCC(N(CCCCCCCN2CC[C@@H](C(C(N)=O)(c3ccccc3)c3ccccc3)C2)CCc2c[nH]c3ccccc23)CC1. The number of hydrogen-bond donors (Lipinski definition) is 2. The standard InChI is InChI=1S/C49H63N5O3/c1-56-46-23-16-24-47(57-2)44(46)37-53-32-27-42(28-33-53)54(34-25-38-35-51-45-22-13-12-21-43(38)45)30-15-5-3-4-14-29-52-31-26-41(36-52)49(48(50)55,39-17-8-6-9-18-39)40-19-10-7-11-20-40/h6-13,16-24,35,41-42,51H,3-5,14-15,25-34,36-37H2,1-2H3,(H2,50,55)/t41-/m1/s1. The molecule has 4 aromatic carbocycles. The van der Waals surface area contributed by atoms with Crippen LogP contribution in [-0.4, -0.2) is 91.7 Å². The van der Waals surface area contributed by atoms with E-state index < -0.39 is 5.41 Å². The van der Waals surface area contributed by atoms with Crippen LogP contribution >= 0.6 is 0 Å². The number of ether oxygens (including phenoxy) is 2. The van der Waals surface area contributed by atoms with E-state index in [1.807, 2.05) is 54.6 Å². The van der Waals surface area contributed by atoms with Crippen LogP contribution in [0.2, 0.25) is 0 Å². The molecule has 1 atom stereocenters. The van der Waals surface area contributed by atoms with Crippen molar-refractivity contribution >= 4 is 16.8 Å². The minimum atomic E-state index is -0.822. The summed E-state index contributed by atoms with van der Waals surface area (Å²) in [7, 11) is 3.49. The van der Waals surface area contributed by atoms with E-state index in [9.17, 15) is 4.79 Å². The monoisotopic (exact) mass is 769 g/mol. The highest BCUT2D eigenvalue weighted by Gasteiger charge is 2.49. The van der Waals surface area contributed by atoms with E-state index in [1.54, 1.807) is 14.2 Å². The third-order valence-electron chi connectivity index (χ3n) is 13.0. The van der Waals surface area contributed by atoms with Gasteiger partial charge in [0.25, 0.3) is 0 Å². The number of benzene rings is 4. The number of methoxy groups -OCH3 is 2. The first-order valence-corrected chi connectivity index (χ1v) is 21.4. The van der Waals surface area contributed by atoms with Crippen molar-refractivity contribution in [1.29, 1.82) is 0 Å². The zero-order valence-electron chi connectivity index (χ0n) is 34.2. The van der Waals surface area contributed by atoms with Crippen molar-refractivity contribution in [3.05, 3.63) is 132 Å². The van der Waals surface area contributed by atoms with Crippen molar-refractivity contribution in [3.8, 4) is 11.5 Å². The first-order valence-electron chi connectivity index (χ1n) is 21.4. The highest BCUT2D eigenvalue weighted by atomic mass is 16.5. The second kappa shape index (κ2) is 19.7. The third kappa shape index (κ3) is 9.41. The minimum absolute atomic E-state index is 0.144. The number of piperidine rings is 1. The fourth-order valence-electron chi connectivity index (χ4n) is 9.93. The number of para-hydroxylation sites is 1. The highest BCUT2D eigenvalue weighted by molar-refractivity contribution is 5.91. The molecule has 2 fully saturated rings. The first kappa shape index (κ1) is 40.6. The molecule has 57 heavy (non-hydrogen) atoms. The summed E-state index contributed by atoms with van der Waals surface area (Å²) in [4.78, 5) is 24.9. The molecule has 0 spiro atoms. The van der Waals surface area contributed by atoms with Crippen molar-refractivity contribution < 1.29 is 14.3 Å². The molecule has 3 N–H and O–H groups in total. The number of fused-ring (bicyclic) bond motifs is 1. The molecule has 2 saturated heterocycles. The van der Waals surface area contributed by atoms with E-state index in [0.717, 1.165) is 93.4 Å². The largest absolute Gasteiger partial charge is 0.496 e. The maximum Gasteiger partial charge on any atom is 0.232 e. The zero-order chi connectivity index (χ0) is 39.5. The molecule has 0 saturated carbocycles. The summed E-state index contributed by atoms with van der Waals surface area (Å²) in [6.07, 6.45) is 12.8. The van der Waals surface area contributed by atoms with Crippen LogP contribution in [0.15, 0.2) is 109 Å². The van der Waals surface area contributed by atoms with Crippen molar-refractivity contribution in [3.63, 3.8) is 0 Å². The van der Waals surface area contributed by atoms with E-state index in [0.29, 0.717) is 6.04 Å². The van der Waals surface area contributed by atoms with E-state index >= 15 is 0 Å². The number of nitrogens with one attached hydrogen (secondary N) is 1. The molecule has 8 heteroatoms. The number of carbonyl (C=O) groups is 1. The van der Waals surface area contributed by atoms with Gasteiger partial charge in [0.15, 0.2) is 0 Å². The number of unbranched alkanes of at least 4 members (excludes halogenated alkanes) is 4. The lowest BCUT2D eigenvalue weighted by Gasteiger charge is -2.39. The Labute approximate surface area is 340 Å². The summed E-state index contributed by atoms with van der Waals surface area (Å²) in [5, 5.41) is 1.35. The molecule has 2 aliphatic rings. The number of primary amides is 1. The van der Waals surface area contributed by atoms with Crippen LogP contribution in [0.1, 0.15) is 73.6 Å². The van der Waals surface area contributed by atoms with Crippen molar-refractivity contribution in [2.75, 3.05) is 60.0 Å². The summed E-state index contributed by atoms with van der Waals surface area (Å²) < 4.78 is 11.4. The fourth-order valence-corrected chi connectivity index (χ4v) is 9.93. The van der Waals surface area contributed by atoms with Crippen LogP contribution in [0, 0.1) is 5.92 Å². The van der Waals surface area contributed by atoms with Crippen molar-refractivity contribution in [1.82, 2.24) is 19.7 Å². The van der Waals surface area contributed by atoms with Gasteiger partial charge in [-0.15, -0.1) is 0 Å². The number of aromatic amines is 1. The molecule has 3 heterocycles. The normalized spacial score (nSPS) is 17.1. The Hall–Kier alpha value is -4.63. The summed E-state index contributed by atoms with van der Waals surface area (Å²) in [6.45, 7) is 8.20. The number of nitrogens with two attached hydrogens (primary N) is 1. The molecule has 8 nitrogen and oxygen atoms in total. The molecule has 0 unspecified atom stereocenters. The molecule has 0 bridgehead atoms. The van der Waals surface area contributed by atoms with Gasteiger partial charge in [0.1, 0.15) is 16.9 Å². The lowest BCUT2D eigenvalue weighted by molar-refractivity contribution is -0.123. The maximum absolute atomic E-state index is 13.5. The number of carbonyl (C=O) groups excluding carboxylic acids is 1. The van der Waals surface area contributed by atoms with Crippen LogP contribution in [0.5, 0.6) is 11.5 Å². The Balaban J connectivity index is 0.902. The number of likely N-dealkylation sites (tertiary alicyclic amines) is 2. The number of aromatic nitrogens is 1. The van der Waals surface area contributed by atoms with Gasteiger partial charge >= 0.3 is 0 Å². The lowest BCUT2D eigenvalue weighted by atomic mass is 9.64. The van der Waals surface area contributed by atoms with Gasteiger partial charge < -0.3 is 25.1 Å². The Morgan fingerprint density at radius 1 is 0.737 bits per heavy atom. The first-order chi connectivity index (χ1) is 28.0. The van der Waals surface area contributed by atoms with Crippen LogP contribution in [0.3, 0.4) is 0 Å². The number of amides is 1. The molecule has 0 aliphatic carbocycles. The van der Waals surface area contributed by atoms with Gasteiger partial charge in [0.2, 0.25) is 5.91 Å². The molecule has 2 aliphatic heterocycles. The number of H-pyrrole nitrogens is 1.